The number of halogens is 2. The maximum atomic E-state index is 12.9. The quantitative estimate of drug-likeness (QED) is 0.721. The van der Waals surface area contributed by atoms with E-state index in [4.69, 9.17) is 23.2 Å². The molecule has 120 valence electrons. The zero-order valence-corrected chi connectivity index (χ0v) is 15.1. The second-order valence-corrected chi connectivity index (χ2v) is 7.39. The van der Waals surface area contributed by atoms with Gasteiger partial charge in [0, 0.05) is 23.4 Å². The van der Waals surface area contributed by atoms with E-state index >= 15 is 0 Å². The Hall–Kier alpha value is -1.16. The van der Waals surface area contributed by atoms with E-state index in [2.05, 4.69) is 6.92 Å². The molecule has 1 aliphatic rings. The second kappa shape index (κ2) is 7.16. The van der Waals surface area contributed by atoms with Gasteiger partial charge in [-0.2, -0.15) is 0 Å². The molecule has 23 heavy (non-hydrogen) atoms. The highest BCUT2D eigenvalue weighted by Gasteiger charge is 2.32. The van der Waals surface area contributed by atoms with Crippen molar-refractivity contribution >= 4 is 40.9 Å². The predicted molar refractivity (Wildman–Crippen MR) is 98.5 cm³/mol. The van der Waals surface area contributed by atoms with Crippen molar-refractivity contribution < 1.29 is 4.79 Å². The molecule has 0 aromatic heterocycles. The van der Waals surface area contributed by atoms with Gasteiger partial charge in [0.05, 0.1) is 10.0 Å². The van der Waals surface area contributed by atoms with Crippen LogP contribution in [0.1, 0.15) is 33.8 Å². The molecule has 0 bridgehead atoms. The molecule has 2 aromatic carbocycles. The Bertz CT molecular complexity index is 717. The van der Waals surface area contributed by atoms with Crippen LogP contribution in [-0.4, -0.2) is 23.1 Å². The van der Waals surface area contributed by atoms with E-state index < -0.39 is 0 Å². The zero-order valence-electron chi connectivity index (χ0n) is 12.8. The summed E-state index contributed by atoms with van der Waals surface area (Å²) in [5, 5.41) is 0.976. The third-order valence-corrected chi connectivity index (χ3v) is 6.08. The first-order valence-corrected chi connectivity index (χ1v) is 9.37. The van der Waals surface area contributed by atoms with Gasteiger partial charge in [0.15, 0.2) is 0 Å². The normalized spacial score (nSPS) is 17.5. The molecule has 0 radical (unpaired) electrons. The Kier molecular flexibility index (Phi) is 5.20. The standard InChI is InChI=1S/C18H17Cl2NOS/c1-2-12-6-8-13(9-7-12)17(22)21-10-11-23-18(21)14-4-3-5-15(19)16(14)20/h3-9,18H,2,10-11H2,1H3. The lowest BCUT2D eigenvalue weighted by molar-refractivity contribution is 0.0760. The third-order valence-electron chi connectivity index (χ3n) is 4.01. The molecule has 3 rings (SSSR count). The first-order chi connectivity index (χ1) is 11.1. The van der Waals surface area contributed by atoms with Crippen LogP contribution in [0, 0.1) is 0 Å². The van der Waals surface area contributed by atoms with E-state index in [9.17, 15) is 4.79 Å². The van der Waals surface area contributed by atoms with Crippen LogP contribution in [-0.2, 0) is 6.42 Å². The fourth-order valence-electron chi connectivity index (χ4n) is 2.70. The maximum absolute atomic E-state index is 12.9. The van der Waals surface area contributed by atoms with Crippen LogP contribution < -0.4 is 0 Å². The lowest BCUT2D eigenvalue weighted by atomic mass is 10.1. The molecular formula is C18H17Cl2NOS. The molecule has 5 heteroatoms. The van der Waals surface area contributed by atoms with E-state index in [0.29, 0.717) is 22.2 Å². The smallest absolute Gasteiger partial charge is 0.255 e. The van der Waals surface area contributed by atoms with Crippen molar-refractivity contribution in [3.63, 3.8) is 0 Å². The summed E-state index contributed by atoms with van der Waals surface area (Å²) in [5.74, 6) is 0.936. The molecule has 0 spiro atoms. The number of nitrogens with zero attached hydrogens (tertiary/aromatic N) is 1. The van der Waals surface area contributed by atoms with Crippen molar-refractivity contribution in [2.45, 2.75) is 18.7 Å². The van der Waals surface area contributed by atoms with Gasteiger partial charge in [-0.15, -0.1) is 11.8 Å². The highest BCUT2D eigenvalue weighted by atomic mass is 35.5. The van der Waals surface area contributed by atoms with Gasteiger partial charge in [0.2, 0.25) is 0 Å². The Morgan fingerprint density at radius 1 is 1.22 bits per heavy atom. The van der Waals surface area contributed by atoms with Gasteiger partial charge in [-0.3, -0.25) is 4.79 Å². The van der Waals surface area contributed by atoms with Gasteiger partial charge >= 0.3 is 0 Å². The summed E-state index contributed by atoms with van der Waals surface area (Å²) in [6.45, 7) is 2.82. The highest BCUT2D eigenvalue weighted by molar-refractivity contribution is 7.99. The number of benzene rings is 2. The van der Waals surface area contributed by atoms with E-state index in [1.54, 1.807) is 17.8 Å². The monoisotopic (exact) mass is 365 g/mol. The molecule has 1 unspecified atom stereocenters. The summed E-state index contributed by atoms with van der Waals surface area (Å²) in [5.41, 5.74) is 2.85. The van der Waals surface area contributed by atoms with Crippen molar-refractivity contribution in [2.75, 3.05) is 12.3 Å². The summed E-state index contributed by atoms with van der Waals surface area (Å²) < 4.78 is 0. The highest BCUT2D eigenvalue weighted by Crippen LogP contribution is 2.43. The lowest BCUT2D eigenvalue weighted by Crippen LogP contribution is -2.30. The summed E-state index contributed by atoms with van der Waals surface area (Å²) >= 11 is 14.2. The van der Waals surface area contributed by atoms with Crippen LogP contribution in [0.3, 0.4) is 0 Å². The minimum Gasteiger partial charge on any atom is -0.322 e. The van der Waals surface area contributed by atoms with E-state index in [1.807, 2.05) is 41.3 Å². The van der Waals surface area contributed by atoms with Gasteiger partial charge in [0.25, 0.3) is 5.91 Å². The van der Waals surface area contributed by atoms with Crippen LogP contribution in [0.5, 0.6) is 0 Å². The maximum Gasteiger partial charge on any atom is 0.255 e. The predicted octanol–water partition coefficient (Wildman–Crippen LogP) is 5.44. The number of thioether (sulfide) groups is 1. The van der Waals surface area contributed by atoms with E-state index in [1.165, 1.54) is 5.56 Å². The molecule has 1 saturated heterocycles. The first-order valence-electron chi connectivity index (χ1n) is 7.57. The molecule has 1 amide bonds. The summed E-state index contributed by atoms with van der Waals surface area (Å²) in [7, 11) is 0. The number of carbonyl (C=O) groups is 1. The molecule has 2 nitrogen and oxygen atoms in total. The third kappa shape index (κ3) is 3.37. The summed E-state index contributed by atoms with van der Waals surface area (Å²) in [6.07, 6.45) is 0.967. The van der Waals surface area contributed by atoms with Gasteiger partial charge < -0.3 is 4.90 Å². The fraction of sp³-hybridized carbons (Fsp3) is 0.278. The molecule has 1 fully saturated rings. The molecule has 0 N–H and O–H groups in total. The molecular weight excluding hydrogens is 349 g/mol. The van der Waals surface area contributed by atoms with Crippen molar-refractivity contribution in [3.05, 3.63) is 69.2 Å². The zero-order chi connectivity index (χ0) is 16.4. The van der Waals surface area contributed by atoms with Crippen LogP contribution in [0.25, 0.3) is 0 Å². The minimum absolute atomic E-state index is 0.0405. The SMILES string of the molecule is CCc1ccc(C(=O)N2CCSC2c2cccc(Cl)c2Cl)cc1. The first kappa shape index (κ1) is 16.7. The van der Waals surface area contributed by atoms with Crippen LogP contribution in [0.2, 0.25) is 10.0 Å². The van der Waals surface area contributed by atoms with E-state index in [-0.39, 0.29) is 11.3 Å². The van der Waals surface area contributed by atoms with Crippen molar-refractivity contribution in [1.29, 1.82) is 0 Å². The lowest BCUT2D eigenvalue weighted by Gasteiger charge is -2.25. The molecule has 0 aliphatic carbocycles. The van der Waals surface area contributed by atoms with Crippen LogP contribution in [0.15, 0.2) is 42.5 Å². The van der Waals surface area contributed by atoms with Crippen LogP contribution in [0.4, 0.5) is 0 Å². The van der Waals surface area contributed by atoms with Gasteiger partial charge in [-0.1, -0.05) is 54.4 Å². The molecule has 1 heterocycles. The Balaban J connectivity index is 1.88. The fourth-order valence-corrected chi connectivity index (χ4v) is 4.45. The summed E-state index contributed by atoms with van der Waals surface area (Å²) in [6, 6.07) is 13.4. The molecule has 0 saturated carbocycles. The number of rotatable bonds is 3. The number of carbonyl (C=O) groups excluding carboxylic acids is 1. The minimum atomic E-state index is -0.0837. The Morgan fingerprint density at radius 3 is 2.65 bits per heavy atom. The summed E-state index contributed by atoms with van der Waals surface area (Å²) in [4.78, 5) is 14.7. The van der Waals surface area contributed by atoms with E-state index in [0.717, 1.165) is 17.7 Å². The van der Waals surface area contributed by atoms with Gasteiger partial charge in [0.1, 0.15) is 5.37 Å². The molecule has 1 atom stereocenters. The largest absolute Gasteiger partial charge is 0.322 e. The number of hydrogen-bond acceptors (Lipinski definition) is 2. The van der Waals surface area contributed by atoms with Crippen molar-refractivity contribution in [3.8, 4) is 0 Å². The number of aryl methyl sites for hydroxylation is 1. The topological polar surface area (TPSA) is 20.3 Å². The second-order valence-electron chi connectivity index (χ2n) is 5.42. The number of amides is 1. The number of hydrogen-bond donors (Lipinski definition) is 0. The van der Waals surface area contributed by atoms with Gasteiger partial charge in [-0.05, 0) is 30.2 Å². The van der Waals surface area contributed by atoms with Crippen LogP contribution >= 0.6 is 35.0 Å². The van der Waals surface area contributed by atoms with Crippen molar-refractivity contribution in [1.82, 2.24) is 4.90 Å². The molecule has 1 aliphatic heterocycles. The average Bonchev–Trinajstić information content (AvgIpc) is 3.06. The molecule has 2 aromatic rings. The van der Waals surface area contributed by atoms with Gasteiger partial charge in [-0.25, -0.2) is 0 Å². The van der Waals surface area contributed by atoms with Crippen molar-refractivity contribution in [2.24, 2.45) is 0 Å². The Labute approximate surface area is 150 Å². The average molecular weight is 366 g/mol. The Morgan fingerprint density at radius 2 is 1.96 bits per heavy atom.